The lowest BCUT2D eigenvalue weighted by Crippen LogP contribution is -2.61. The van der Waals surface area contributed by atoms with Crippen molar-refractivity contribution in [2.24, 2.45) is 0 Å². The van der Waals surface area contributed by atoms with Crippen LogP contribution < -0.4 is 20.7 Å². The summed E-state index contributed by atoms with van der Waals surface area (Å²) in [6.45, 7) is 2.91. The Labute approximate surface area is 250 Å². The number of likely N-dealkylation sites (N-methyl/N-ethyl adjacent to an activating group) is 1. The summed E-state index contributed by atoms with van der Waals surface area (Å²) in [5.74, 6) is 0.000384. The van der Waals surface area contributed by atoms with Crippen LogP contribution in [0.2, 0.25) is 0 Å². The summed E-state index contributed by atoms with van der Waals surface area (Å²) in [7, 11) is 1.67. The minimum absolute atomic E-state index is 0.104. The first kappa shape index (κ1) is 30.0. The Balaban J connectivity index is 1.61. The predicted molar refractivity (Wildman–Crippen MR) is 165 cm³/mol. The van der Waals surface area contributed by atoms with Crippen LogP contribution in [0.1, 0.15) is 49.3 Å². The van der Waals surface area contributed by atoms with Gasteiger partial charge in [-0.3, -0.25) is 19.7 Å². The molecule has 0 saturated heterocycles. The van der Waals surface area contributed by atoms with Crippen molar-refractivity contribution in [3.63, 3.8) is 0 Å². The van der Waals surface area contributed by atoms with E-state index in [1.807, 2.05) is 54.6 Å². The van der Waals surface area contributed by atoms with E-state index in [-0.39, 0.29) is 17.7 Å². The third-order valence-corrected chi connectivity index (χ3v) is 8.68. The lowest BCUT2D eigenvalue weighted by Gasteiger charge is -2.36. The summed E-state index contributed by atoms with van der Waals surface area (Å²) in [6, 6.07) is 14.2. The van der Waals surface area contributed by atoms with Crippen molar-refractivity contribution in [1.82, 2.24) is 20.9 Å². The lowest BCUT2D eigenvalue weighted by atomic mass is 9.94. The summed E-state index contributed by atoms with van der Waals surface area (Å²) in [6.07, 6.45) is 7.45. The Kier molecular flexibility index (Phi) is 10.6. The Bertz CT molecular complexity index is 1230. The van der Waals surface area contributed by atoms with Gasteiger partial charge in [-0.25, -0.2) is 0 Å². The van der Waals surface area contributed by atoms with Crippen molar-refractivity contribution in [2.75, 3.05) is 26.7 Å². The van der Waals surface area contributed by atoms with Crippen LogP contribution in [0.5, 0.6) is 5.75 Å². The quantitative estimate of drug-likeness (QED) is 0.346. The summed E-state index contributed by atoms with van der Waals surface area (Å²) in [4.78, 5) is 42.1. The fourth-order valence-electron chi connectivity index (χ4n) is 5.38. The molecule has 1 spiro atoms. The summed E-state index contributed by atoms with van der Waals surface area (Å²) in [5, 5.41) is 9.35. The van der Waals surface area contributed by atoms with Crippen LogP contribution in [0.25, 0.3) is 6.08 Å². The molecule has 214 valence electrons. The number of nitrogens with zero attached hydrogens (tertiary/aromatic N) is 1. The highest BCUT2D eigenvalue weighted by molar-refractivity contribution is 14.1. The Morgan fingerprint density at radius 2 is 1.77 bits per heavy atom. The van der Waals surface area contributed by atoms with Gasteiger partial charge in [0.15, 0.2) is 0 Å². The van der Waals surface area contributed by atoms with Gasteiger partial charge >= 0.3 is 0 Å². The van der Waals surface area contributed by atoms with Crippen molar-refractivity contribution in [2.45, 2.75) is 61.1 Å². The van der Waals surface area contributed by atoms with Gasteiger partial charge in [-0.05, 0) is 37.0 Å². The second kappa shape index (κ2) is 14.1. The average Bonchev–Trinajstić information content (AvgIpc) is 3.46. The minimum atomic E-state index is -0.788. The molecule has 3 N–H and O–H groups in total. The summed E-state index contributed by atoms with van der Waals surface area (Å²) < 4.78 is 6.92. The van der Waals surface area contributed by atoms with Crippen molar-refractivity contribution in [3.05, 3.63) is 71.3 Å². The molecular weight excluding hydrogens is 619 g/mol. The van der Waals surface area contributed by atoms with Crippen LogP contribution >= 0.6 is 22.6 Å². The number of carbonyl (C=O) groups excluding carboxylic acids is 3. The summed E-state index contributed by atoms with van der Waals surface area (Å²) in [5.41, 5.74) is 2.29. The Morgan fingerprint density at radius 1 is 1.02 bits per heavy atom. The van der Waals surface area contributed by atoms with Gasteiger partial charge in [0, 0.05) is 36.5 Å². The third-order valence-electron chi connectivity index (χ3n) is 7.80. The molecule has 0 radical (unpaired) electrons. The SMILES string of the molecule is C[C@@H]1C(=O)N[C@H](Cc2cccc(CI)c2)C(=O)NC/C=C/c2ccccc2OCCNC2(CCCC2)C(=O)N1C. The van der Waals surface area contributed by atoms with Crippen LogP contribution in [-0.2, 0) is 25.2 Å². The van der Waals surface area contributed by atoms with Crippen molar-refractivity contribution in [1.29, 1.82) is 0 Å². The number of amides is 3. The topological polar surface area (TPSA) is 99.8 Å². The van der Waals surface area contributed by atoms with Crippen molar-refractivity contribution >= 4 is 46.4 Å². The smallest absolute Gasteiger partial charge is 0.243 e. The van der Waals surface area contributed by atoms with E-state index in [2.05, 4.69) is 44.6 Å². The lowest BCUT2D eigenvalue weighted by molar-refractivity contribution is -0.144. The maximum Gasteiger partial charge on any atom is 0.243 e. The fraction of sp³-hybridized carbons (Fsp3) is 0.452. The van der Waals surface area contributed by atoms with E-state index in [0.717, 1.165) is 39.7 Å². The van der Waals surface area contributed by atoms with Gasteiger partial charge in [0.25, 0.3) is 0 Å². The van der Waals surface area contributed by atoms with Gasteiger partial charge in [0.2, 0.25) is 17.7 Å². The maximum absolute atomic E-state index is 13.8. The van der Waals surface area contributed by atoms with Crippen LogP contribution in [0.3, 0.4) is 0 Å². The molecule has 3 amide bonds. The standard InChI is InChI=1S/C31H39IN4O4/c1-22-28(37)35-26(20-23-9-7-10-24(19-23)21-32)29(38)33-16-8-12-25-11-3-4-13-27(25)40-18-17-34-31(14-5-6-15-31)30(39)36(22)2/h3-4,7-13,19,22,26,34H,5-6,14-18,20-21H2,1-2H3,(H,33,38)(H,35,37)/b12-8+/t22-,26-/m1/s1. The molecule has 8 nitrogen and oxygen atoms in total. The normalized spacial score (nSPS) is 23.4. The van der Waals surface area contributed by atoms with Gasteiger partial charge in [-0.15, -0.1) is 0 Å². The number of hydrogen-bond acceptors (Lipinski definition) is 5. The van der Waals surface area contributed by atoms with E-state index in [4.69, 9.17) is 4.74 Å². The number of benzene rings is 2. The van der Waals surface area contributed by atoms with Crippen LogP contribution in [-0.4, -0.2) is 67.0 Å². The van der Waals surface area contributed by atoms with Crippen molar-refractivity contribution in [3.8, 4) is 5.75 Å². The highest BCUT2D eigenvalue weighted by Crippen LogP contribution is 2.32. The highest BCUT2D eigenvalue weighted by Gasteiger charge is 2.44. The zero-order valence-corrected chi connectivity index (χ0v) is 25.4. The van der Waals surface area contributed by atoms with E-state index >= 15 is 0 Å². The van der Waals surface area contributed by atoms with Gasteiger partial charge < -0.3 is 20.3 Å². The average molecular weight is 659 g/mol. The molecule has 2 aromatic carbocycles. The molecule has 1 aliphatic heterocycles. The number of alkyl halides is 1. The zero-order chi connectivity index (χ0) is 28.5. The number of carbonyl (C=O) groups is 3. The zero-order valence-electron chi connectivity index (χ0n) is 23.3. The molecule has 9 heteroatoms. The first-order valence-corrected chi connectivity index (χ1v) is 15.5. The molecule has 2 aromatic rings. The number of halogens is 1. The van der Waals surface area contributed by atoms with Gasteiger partial charge in [-0.1, -0.05) is 90.0 Å². The van der Waals surface area contributed by atoms with Gasteiger partial charge in [0.05, 0.1) is 5.54 Å². The molecule has 40 heavy (non-hydrogen) atoms. The number of hydrogen-bond donors (Lipinski definition) is 3. The maximum atomic E-state index is 13.8. The number of ether oxygens (including phenoxy) is 1. The van der Waals surface area contributed by atoms with Crippen molar-refractivity contribution < 1.29 is 19.1 Å². The molecule has 1 fully saturated rings. The minimum Gasteiger partial charge on any atom is -0.492 e. The first-order chi connectivity index (χ1) is 19.3. The molecule has 4 rings (SSSR count). The second-order valence-electron chi connectivity index (χ2n) is 10.6. The molecule has 0 aromatic heterocycles. The highest BCUT2D eigenvalue weighted by atomic mass is 127. The number of nitrogens with one attached hydrogen (secondary N) is 3. The molecule has 0 unspecified atom stereocenters. The predicted octanol–water partition coefficient (Wildman–Crippen LogP) is 3.62. The van der Waals surface area contributed by atoms with E-state index in [1.54, 1.807) is 14.0 Å². The Hall–Kier alpha value is -2.92. The monoisotopic (exact) mass is 658 g/mol. The fourth-order valence-corrected chi connectivity index (χ4v) is 5.86. The molecular formula is C31H39IN4O4. The van der Waals surface area contributed by atoms with E-state index in [0.29, 0.717) is 39.0 Å². The molecule has 1 heterocycles. The third kappa shape index (κ3) is 7.42. The van der Waals surface area contributed by atoms with E-state index < -0.39 is 17.6 Å². The number of fused-ring (bicyclic) bond motifs is 1. The van der Waals surface area contributed by atoms with Gasteiger partial charge in [0.1, 0.15) is 24.4 Å². The Morgan fingerprint density at radius 3 is 2.55 bits per heavy atom. The van der Waals surface area contributed by atoms with E-state index in [9.17, 15) is 14.4 Å². The number of para-hydroxylation sites is 1. The molecule has 1 saturated carbocycles. The first-order valence-electron chi connectivity index (χ1n) is 14.0. The molecule has 1 aliphatic carbocycles. The van der Waals surface area contributed by atoms with Gasteiger partial charge in [-0.2, -0.15) is 0 Å². The second-order valence-corrected chi connectivity index (χ2v) is 11.3. The molecule has 0 bridgehead atoms. The van der Waals surface area contributed by atoms with Crippen LogP contribution in [0, 0.1) is 0 Å². The summed E-state index contributed by atoms with van der Waals surface area (Å²) >= 11 is 2.31. The van der Waals surface area contributed by atoms with Crippen LogP contribution in [0.4, 0.5) is 0 Å². The van der Waals surface area contributed by atoms with Crippen LogP contribution in [0.15, 0.2) is 54.6 Å². The molecule has 2 aliphatic rings. The largest absolute Gasteiger partial charge is 0.492 e. The number of rotatable bonds is 3. The molecule has 2 atom stereocenters. The van der Waals surface area contributed by atoms with E-state index in [1.165, 1.54) is 4.90 Å².